The highest BCUT2D eigenvalue weighted by Crippen LogP contribution is 2.19. The normalized spacial score (nSPS) is 14.1. The summed E-state index contributed by atoms with van der Waals surface area (Å²) in [6.07, 6.45) is 0. The fourth-order valence-electron chi connectivity index (χ4n) is 1.43. The van der Waals surface area contributed by atoms with Crippen molar-refractivity contribution in [2.75, 3.05) is 5.75 Å². The Labute approximate surface area is 91.4 Å². The Morgan fingerprint density at radius 2 is 2.40 bits per heavy atom. The molecular weight excluding hydrogens is 215 g/mol. The van der Waals surface area contributed by atoms with Gasteiger partial charge in [0.15, 0.2) is 0 Å². The molecule has 0 spiro atoms. The van der Waals surface area contributed by atoms with Crippen LogP contribution in [0, 0.1) is 0 Å². The molecule has 2 N–H and O–H groups in total. The van der Waals surface area contributed by atoms with E-state index in [1.165, 1.54) is 11.8 Å². The summed E-state index contributed by atoms with van der Waals surface area (Å²) < 4.78 is 5.03. The minimum atomic E-state index is -0.870. The van der Waals surface area contributed by atoms with Crippen LogP contribution < -0.4 is 5.46 Å². The summed E-state index contributed by atoms with van der Waals surface area (Å²) in [5.41, 5.74) is 1.70. The van der Waals surface area contributed by atoms with Crippen molar-refractivity contribution < 1.29 is 19.6 Å². The van der Waals surface area contributed by atoms with E-state index in [1.54, 1.807) is 6.07 Å². The van der Waals surface area contributed by atoms with Crippen LogP contribution in [-0.4, -0.2) is 29.0 Å². The van der Waals surface area contributed by atoms with Crippen LogP contribution in [0.15, 0.2) is 23.1 Å². The van der Waals surface area contributed by atoms with Gasteiger partial charge in [0.1, 0.15) is 0 Å². The van der Waals surface area contributed by atoms with Crippen LogP contribution in [-0.2, 0) is 16.1 Å². The van der Waals surface area contributed by atoms with E-state index < -0.39 is 13.1 Å². The lowest BCUT2D eigenvalue weighted by molar-refractivity contribution is -0.133. The summed E-state index contributed by atoms with van der Waals surface area (Å²) >= 11 is 1.23. The first-order chi connectivity index (χ1) is 7.16. The molecular formula is C9H9BO4S. The summed E-state index contributed by atoms with van der Waals surface area (Å²) in [7, 11) is -0.870. The SMILES string of the molecule is O=C(O)CSc1ccc2c(c1)B(O)OC2. The molecule has 6 heteroatoms. The van der Waals surface area contributed by atoms with Crippen molar-refractivity contribution in [2.24, 2.45) is 0 Å². The zero-order valence-corrected chi connectivity index (χ0v) is 8.66. The van der Waals surface area contributed by atoms with Crippen LogP contribution in [0.2, 0.25) is 0 Å². The number of aliphatic carboxylic acids is 1. The van der Waals surface area contributed by atoms with E-state index >= 15 is 0 Å². The third-order valence-corrected chi connectivity index (χ3v) is 3.12. The van der Waals surface area contributed by atoms with Gasteiger partial charge in [0.05, 0.1) is 12.4 Å². The number of carbonyl (C=O) groups is 1. The smallest absolute Gasteiger partial charge is 0.481 e. The molecule has 0 fully saturated rings. The minimum Gasteiger partial charge on any atom is -0.481 e. The van der Waals surface area contributed by atoms with E-state index in [-0.39, 0.29) is 5.75 Å². The topological polar surface area (TPSA) is 66.8 Å². The first-order valence-electron chi connectivity index (χ1n) is 4.44. The van der Waals surface area contributed by atoms with Crippen LogP contribution in [0.4, 0.5) is 0 Å². The van der Waals surface area contributed by atoms with Crippen molar-refractivity contribution in [3.05, 3.63) is 23.8 Å². The van der Waals surface area contributed by atoms with Gasteiger partial charge in [0.25, 0.3) is 0 Å². The molecule has 1 aromatic carbocycles. The van der Waals surface area contributed by atoms with Gasteiger partial charge in [-0.05, 0) is 23.2 Å². The predicted molar refractivity (Wildman–Crippen MR) is 57.2 cm³/mol. The first kappa shape index (κ1) is 10.5. The Hall–Kier alpha value is -0.975. The van der Waals surface area contributed by atoms with Crippen molar-refractivity contribution in [2.45, 2.75) is 11.5 Å². The molecule has 2 rings (SSSR count). The molecule has 0 aromatic heterocycles. The molecule has 1 heterocycles. The zero-order chi connectivity index (χ0) is 10.8. The third-order valence-electron chi connectivity index (χ3n) is 2.14. The largest absolute Gasteiger partial charge is 0.491 e. The van der Waals surface area contributed by atoms with E-state index in [0.717, 1.165) is 15.9 Å². The van der Waals surface area contributed by atoms with Crippen LogP contribution in [0.5, 0.6) is 0 Å². The molecule has 0 amide bonds. The number of benzene rings is 1. The molecule has 0 radical (unpaired) electrons. The Balaban J connectivity index is 2.14. The van der Waals surface area contributed by atoms with Crippen molar-refractivity contribution in [1.29, 1.82) is 0 Å². The second-order valence-corrected chi connectivity index (χ2v) is 4.26. The first-order valence-corrected chi connectivity index (χ1v) is 5.42. The standard InChI is InChI=1S/C9H9BO4S/c11-9(12)5-15-7-2-1-6-4-14-10(13)8(6)3-7/h1-3,13H,4-5H2,(H,11,12). The summed E-state index contributed by atoms with van der Waals surface area (Å²) in [5.74, 6) is -0.826. The Kier molecular flexibility index (Phi) is 2.99. The molecule has 0 bridgehead atoms. The third kappa shape index (κ3) is 2.34. The maximum absolute atomic E-state index is 10.4. The maximum Gasteiger partial charge on any atom is 0.491 e. The average molecular weight is 224 g/mol. The van der Waals surface area contributed by atoms with Gasteiger partial charge in [-0.1, -0.05) is 6.07 Å². The molecule has 0 saturated heterocycles. The number of rotatable bonds is 3. The molecule has 0 atom stereocenters. The fraction of sp³-hybridized carbons (Fsp3) is 0.222. The van der Waals surface area contributed by atoms with E-state index in [2.05, 4.69) is 0 Å². The van der Waals surface area contributed by atoms with Crippen LogP contribution in [0.1, 0.15) is 5.56 Å². The highest BCUT2D eigenvalue weighted by atomic mass is 32.2. The number of hydrogen-bond acceptors (Lipinski definition) is 4. The second kappa shape index (κ2) is 4.26. The van der Waals surface area contributed by atoms with Crippen molar-refractivity contribution in [1.82, 2.24) is 0 Å². The monoisotopic (exact) mass is 224 g/mol. The number of hydrogen-bond donors (Lipinski definition) is 2. The fourth-order valence-corrected chi connectivity index (χ4v) is 2.09. The second-order valence-electron chi connectivity index (χ2n) is 3.21. The van der Waals surface area contributed by atoms with E-state index in [0.29, 0.717) is 6.61 Å². The van der Waals surface area contributed by atoms with Gasteiger partial charge in [-0.3, -0.25) is 4.79 Å². The van der Waals surface area contributed by atoms with Gasteiger partial charge in [0.2, 0.25) is 0 Å². The molecule has 4 nitrogen and oxygen atoms in total. The quantitative estimate of drug-likeness (QED) is 0.562. The summed E-state index contributed by atoms with van der Waals surface area (Å²) in [5, 5.41) is 18.0. The number of thioether (sulfide) groups is 1. The van der Waals surface area contributed by atoms with E-state index in [4.69, 9.17) is 9.76 Å². The molecule has 0 aliphatic carbocycles. The Morgan fingerprint density at radius 3 is 3.13 bits per heavy atom. The lowest BCUT2D eigenvalue weighted by Gasteiger charge is -2.02. The number of fused-ring (bicyclic) bond motifs is 1. The summed E-state index contributed by atoms with van der Waals surface area (Å²) in [6.45, 7) is 0.417. The van der Waals surface area contributed by atoms with Gasteiger partial charge in [-0.15, -0.1) is 11.8 Å². The number of carboxylic acid groups (broad SMARTS) is 1. The Bertz CT molecular complexity index is 396. The van der Waals surface area contributed by atoms with Crippen molar-refractivity contribution >= 4 is 30.3 Å². The minimum absolute atomic E-state index is 0.0236. The van der Waals surface area contributed by atoms with Gasteiger partial charge in [0, 0.05) is 4.90 Å². The van der Waals surface area contributed by atoms with Crippen LogP contribution >= 0.6 is 11.8 Å². The molecule has 1 aliphatic rings. The van der Waals surface area contributed by atoms with Crippen molar-refractivity contribution in [3.63, 3.8) is 0 Å². The van der Waals surface area contributed by atoms with Crippen LogP contribution in [0.25, 0.3) is 0 Å². The maximum atomic E-state index is 10.4. The van der Waals surface area contributed by atoms with Crippen LogP contribution in [0.3, 0.4) is 0 Å². The molecule has 15 heavy (non-hydrogen) atoms. The van der Waals surface area contributed by atoms with Gasteiger partial charge >= 0.3 is 13.1 Å². The van der Waals surface area contributed by atoms with E-state index in [1.807, 2.05) is 12.1 Å². The Morgan fingerprint density at radius 1 is 1.60 bits per heavy atom. The predicted octanol–water partition coefficient (Wildman–Crippen LogP) is 0.0810. The highest BCUT2D eigenvalue weighted by Gasteiger charge is 2.27. The lowest BCUT2D eigenvalue weighted by Crippen LogP contribution is -2.28. The molecule has 1 aromatic rings. The zero-order valence-electron chi connectivity index (χ0n) is 7.84. The highest BCUT2D eigenvalue weighted by molar-refractivity contribution is 8.00. The average Bonchev–Trinajstić information content (AvgIpc) is 2.57. The van der Waals surface area contributed by atoms with Gasteiger partial charge < -0.3 is 14.8 Å². The van der Waals surface area contributed by atoms with Crippen molar-refractivity contribution in [3.8, 4) is 0 Å². The lowest BCUT2D eigenvalue weighted by atomic mass is 9.80. The number of carboxylic acids is 1. The van der Waals surface area contributed by atoms with Gasteiger partial charge in [-0.25, -0.2) is 0 Å². The summed E-state index contributed by atoms with van der Waals surface area (Å²) in [4.78, 5) is 11.2. The van der Waals surface area contributed by atoms with Gasteiger partial charge in [-0.2, -0.15) is 0 Å². The molecule has 78 valence electrons. The molecule has 0 saturated carbocycles. The summed E-state index contributed by atoms with van der Waals surface area (Å²) in [6, 6.07) is 5.48. The molecule has 0 unspecified atom stereocenters. The van der Waals surface area contributed by atoms with E-state index in [9.17, 15) is 9.82 Å². The molecule has 1 aliphatic heterocycles.